The molecule has 92 valence electrons. The van der Waals surface area contributed by atoms with Gasteiger partial charge in [-0.25, -0.2) is 0 Å². The van der Waals surface area contributed by atoms with Gasteiger partial charge in [-0.05, 0) is 20.3 Å². The van der Waals surface area contributed by atoms with Gasteiger partial charge in [0.2, 0.25) is 5.91 Å². The lowest BCUT2D eigenvalue weighted by molar-refractivity contribution is -0.252. The predicted octanol–water partition coefficient (Wildman–Crippen LogP) is 0.00610. The van der Waals surface area contributed by atoms with Crippen LogP contribution in [0.25, 0.3) is 0 Å². The molecule has 1 amide bonds. The number of hydrogen-bond acceptors (Lipinski definition) is 4. The first-order chi connectivity index (χ1) is 7.55. The van der Waals surface area contributed by atoms with E-state index in [0.717, 1.165) is 13.0 Å². The molecule has 2 N–H and O–H groups in total. The average molecular weight is 228 g/mol. The van der Waals surface area contributed by atoms with Crippen LogP contribution in [-0.2, 0) is 14.3 Å². The van der Waals surface area contributed by atoms with Crippen LogP contribution in [-0.4, -0.2) is 43.5 Å². The molecule has 0 spiro atoms. The first-order valence-electron chi connectivity index (χ1n) is 5.86. The van der Waals surface area contributed by atoms with E-state index in [0.29, 0.717) is 19.6 Å². The highest BCUT2D eigenvalue weighted by Gasteiger charge is 2.29. The molecule has 1 atom stereocenters. The van der Waals surface area contributed by atoms with Gasteiger partial charge < -0.3 is 20.1 Å². The summed E-state index contributed by atoms with van der Waals surface area (Å²) in [7, 11) is 0. The summed E-state index contributed by atoms with van der Waals surface area (Å²) < 4.78 is 11.1. The Morgan fingerprint density at radius 2 is 2.12 bits per heavy atom. The van der Waals surface area contributed by atoms with Crippen molar-refractivity contribution in [2.24, 2.45) is 0 Å². The van der Waals surface area contributed by atoms with Crippen molar-refractivity contribution < 1.29 is 14.3 Å². The molecule has 1 unspecified atom stereocenters. The van der Waals surface area contributed by atoms with Gasteiger partial charge in [-0.3, -0.25) is 4.79 Å². The summed E-state index contributed by atoms with van der Waals surface area (Å²) >= 11 is 0. The molecule has 16 heavy (non-hydrogen) atoms. The Morgan fingerprint density at radius 3 is 2.69 bits per heavy atom. The molecule has 2 rings (SSSR count). The van der Waals surface area contributed by atoms with E-state index in [1.807, 2.05) is 13.8 Å². The van der Waals surface area contributed by atoms with E-state index in [2.05, 4.69) is 10.6 Å². The van der Waals surface area contributed by atoms with Crippen LogP contribution in [0.3, 0.4) is 0 Å². The standard InChI is InChI=1S/C11H20N2O3/c1-11(2)15-6-9(7-16-11)12-5-8-3-4-10(14)13-8/h8-9,12H,3-7H2,1-2H3,(H,13,14). The topological polar surface area (TPSA) is 59.6 Å². The molecule has 0 radical (unpaired) electrons. The number of carbonyl (C=O) groups excluding carboxylic acids is 1. The van der Waals surface area contributed by atoms with Crippen LogP contribution in [0.1, 0.15) is 26.7 Å². The minimum atomic E-state index is -0.459. The maximum Gasteiger partial charge on any atom is 0.220 e. The van der Waals surface area contributed by atoms with Gasteiger partial charge in [0.15, 0.2) is 5.79 Å². The van der Waals surface area contributed by atoms with Crippen LogP contribution in [0.2, 0.25) is 0 Å². The van der Waals surface area contributed by atoms with Crippen LogP contribution in [0.4, 0.5) is 0 Å². The predicted molar refractivity (Wildman–Crippen MR) is 58.9 cm³/mol. The molecular formula is C11H20N2O3. The molecule has 5 heteroatoms. The Labute approximate surface area is 95.9 Å². The molecule has 2 saturated heterocycles. The molecule has 2 fully saturated rings. The highest BCUT2D eigenvalue weighted by atomic mass is 16.7. The molecule has 2 heterocycles. The zero-order valence-electron chi connectivity index (χ0n) is 9.91. The van der Waals surface area contributed by atoms with Crippen LogP contribution >= 0.6 is 0 Å². The summed E-state index contributed by atoms with van der Waals surface area (Å²) in [5, 5.41) is 6.28. The number of nitrogens with one attached hydrogen (secondary N) is 2. The lowest BCUT2D eigenvalue weighted by atomic mass is 10.2. The largest absolute Gasteiger partial charge is 0.352 e. The zero-order chi connectivity index (χ0) is 11.6. The summed E-state index contributed by atoms with van der Waals surface area (Å²) in [6.07, 6.45) is 1.57. The Bertz CT molecular complexity index is 258. The van der Waals surface area contributed by atoms with Crippen molar-refractivity contribution in [3.05, 3.63) is 0 Å². The number of ether oxygens (including phenoxy) is 2. The Balaban J connectivity index is 1.66. The molecule has 0 aromatic heterocycles. The fourth-order valence-corrected chi connectivity index (χ4v) is 1.95. The molecule has 0 aromatic carbocycles. The molecule has 5 nitrogen and oxygen atoms in total. The Morgan fingerprint density at radius 1 is 1.44 bits per heavy atom. The summed E-state index contributed by atoms with van der Waals surface area (Å²) in [5.41, 5.74) is 0. The third-order valence-electron chi connectivity index (χ3n) is 3.00. The number of amides is 1. The van der Waals surface area contributed by atoms with Gasteiger partial charge in [-0.2, -0.15) is 0 Å². The Hall–Kier alpha value is -0.650. The maximum absolute atomic E-state index is 11.0. The van der Waals surface area contributed by atoms with Crippen molar-refractivity contribution in [2.45, 2.75) is 44.6 Å². The van der Waals surface area contributed by atoms with E-state index in [1.165, 1.54) is 0 Å². The van der Waals surface area contributed by atoms with Crippen LogP contribution in [0.15, 0.2) is 0 Å². The third-order valence-corrected chi connectivity index (χ3v) is 3.00. The van der Waals surface area contributed by atoms with Gasteiger partial charge >= 0.3 is 0 Å². The quantitative estimate of drug-likeness (QED) is 0.714. The van der Waals surface area contributed by atoms with Crippen molar-refractivity contribution in [3.8, 4) is 0 Å². The molecular weight excluding hydrogens is 208 g/mol. The zero-order valence-corrected chi connectivity index (χ0v) is 9.91. The highest BCUT2D eigenvalue weighted by Crippen LogP contribution is 2.17. The molecule has 0 saturated carbocycles. The van der Waals surface area contributed by atoms with Gasteiger partial charge in [0, 0.05) is 19.0 Å². The minimum absolute atomic E-state index is 0.157. The highest BCUT2D eigenvalue weighted by molar-refractivity contribution is 5.78. The lowest BCUT2D eigenvalue weighted by Gasteiger charge is -2.35. The van der Waals surface area contributed by atoms with Gasteiger partial charge in [0.05, 0.1) is 19.3 Å². The van der Waals surface area contributed by atoms with E-state index < -0.39 is 5.79 Å². The second-order valence-electron chi connectivity index (χ2n) is 4.93. The number of rotatable bonds is 3. The molecule has 0 aromatic rings. The Kier molecular flexibility index (Phi) is 3.47. The smallest absolute Gasteiger partial charge is 0.220 e. The maximum atomic E-state index is 11.0. The molecule has 0 aliphatic carbocycles. The second kappa shape index (κ2) is 4.69. The van der Waals surface area contributed by atoms with Crippen molar-refractivity contribution in [1.29, 1.82) is 0 Å². The van der Waals surface area contributed by atoms with Crippen LogP contribution < -0.4 is 10.6 Å². The van der Waals surface area contributed by atoms with E-state index in [4.69, 9.17) is 9.47 Å². The lowest BCUT2D eigenvalue weighted by Crippen LogP contribution is -2.51. The normalized spacial score (nSPS) is 30.4. The SMILES string of the molecule is CC1(C)OCC(NCC2CCC(=O)N2)CO1. The minimum Gasteiger partial charge on any atom is -0.352 e. The van der Waals surface area contributed by atoms with Crippen LogP contribution in [0.5, 0.6) is 0 Å². The van der Waals surface area contributed by atoms with Crippen LogP contribution in [0, 0.1) is 0 Å². The molecule has 2 aliphatic rings. The first kappa shape index (κ1) is 11.8. The average Bonchev–Trinajstić information content (AvgIpc) is 2.63. The fourth-order valence-electron chi connectivity index (χ4n) is 1.95. The van der Waals surface area contributed by atoms with E-state index in [1.54, 1.807) is 0 Å². The van der Waals surface area contributed by atoms with Crippen molar-refractivity contribution in [3.63, 3.8) is 0 Å². The summed E-state index contributed by atoms with van der Waals surface area (Å²) in [6.45, 7) is 5.95. The van der Waals surface area contributed by atoms with Gasteiger partial charge in [0.25, 0.3) is 0 Å². The van der Waals surface area contributed by atoms with Gasteiger partial charge in [-0.1, -0.05) is 0 Å². The van der Waals surface area contributed by atoms with Gasteiger partial charge in [-0.15, -0.1) is 0 Å². The number of hydrogen-bond donors (Lipinski definition) is 2. The fraction of sp³-hybridized carbons (Fsp3) is 0.909. The van der Waals surface area contributed by atoms with Crippen molar-refractivity contribution in [1.82, 2.24) is 10.6 Å². The van der Waals surface area contributed by atoms with Crippen molar-refractivity contribution in [2.75, 3.05) is 19.8 Å². The molecule has 2 aliphatic heterocycles. The van der Waals surface area contributed by atoms with E-state index >= 15 is 0 Å². The van der Waals surface area contributed by atoms with Crippen molar-refractivity contribution >= 4 is 5.91 Å². The second-order valence-corrected chi connectivity index (χ2v) is 4.93. The third kappa shape index (κ3) is 3.17. The van der Waals surface area contributed by atoms with E-state index in [9.17, 15) is 4.79 Å². The summed E-state index contributed by atoms with van der Waals surface area (Å²) in [5.74, 6) is -0.302. The first-order valence-corrected chi connectivity index (χ1v) is 5.86. The van der Waals surface area contributed by atoms with Gasteiger partial charge in [0.1, 0.15) is 0 Å². The monoisotopic (exact) mass is 228 g/mol. The summed E-state index contributed by atoms with van der Waals surface area (Å²) in [4.78, 5) is 11.0. The number of carbonyl (C=O) groups is 1. The summed E-state index contributed by atoms with van der Waals surface area (Å²) in [6, 6.07) is 0.493. The van der Waals surface area contributed by atoms with E-state index in [-0.39, 0.29) is 18.0 Å². The molecule has 0 bridgehead atoms.